The molecule has 0 aliphatic carbocycles. The van der Waals surface area contributed by atoms with Crippen molar-refractivity contribution in [2.75, 3.05) is 18.4 Å². The molecule has 8 heteroatoms. The van der Waals surface area contributed by atoms with E-state index >= 15 is 0 Å². The highest BCUT2D eigenvalue weighted by atomic mass is 35.5. The van der Waals surface area contributed by atoms with Gasteiger partial charge in [0.05, 0.1) is 10.9 Å². The average molecular weight is 432 g/mol. The van der Waals surface area contributed by atoms with Gasteiger partial charge in [-0.3, -0.25) is 9.59 Å². The molecule has 3 aromatic rings. The Hall–Kier alpha value is -2.51. The predicted molar refractivity (Wildman–Crippen MR) is 113 cm³/mol. The molecule has 4 rings (SSSR count). The number of likely N-dealkylation sites (tertiary alicyclic amines) is 1. The third kappa shape index (κ3) is 4.11. The Kier molecular flexibility index (Phi) is 5.52. The van der Waals surface area contributed by atoms with Gasteiger partial charge in [0.25, 0.3) is 5.91 Å². The van der Waals surface area contributed by atoms with Crippen molar-refractivity contribution in [3.05, 3.63) is 57.8 Å². The van der Waals surface area contributed by atoms with Crippen molar-refractivity contribution in [2.45, 2.75) is 19.8 Å². The first-order chi connectivity index (χ1) is 13.9. The fourth-order valence-corrected chi connectivity index (χ4v) is 4.97. The number of nitrogens with zero attached hydrogens (tertiary/aromatic N) is 2. The van der Waals surface area contributed by atoms with Crippen LogP contribution < -0.4 is 5.32 Å². The number of pyridine rings is 1. The molecule has 1 atom stereocenters. The normalized spacial score (nSPS) is 16.8. The van der Waals surface area contributed by atoms with Crippen molar-refractivity contribution >= 4 is 50.7 Å². The smallest absolute Gasteiger partial charge is 0.265 e. The van der Waals surface area contributed by atoms with Crippen LogP contribution in [0.4, 0.5) is 10.2 Å². The molecule has 29 heavy (non-hydrogen) atoms. The highest BCUT2D eigenvalue weighted by Crippen LogP contribution is 2.37. The Morgan fingerprint density at radius 1 is 1.31 bits per heavy atom. The highest BCUT2D eigenvalue weighted by molar-refractivity contribution is 7.21. The van der Waals surface area contributed by atoms with Crippen LogP contribution in [-0.2, 0) is 4.79 Å². The van der Waals surface area contributed by atoms with Crippen LogP contribution in [0, 0.1) is 18.7 Å². The zero-order valence-electron chi connectivity index (χ0n) is 15.7. The van der Waals surface area contributed by atoms with E-state index < -0.39 is 0 Å². The van der Waals surface area contributed by atoms with Gasteiger partial charge < -0.3 is 10.2 Å². The van der Waals surface area contributed by atoms with Gasteiger partial charge >= 0.3 is 0 Å². The summed E-state index contributed by atoms with van der Waals surface area (Å²) in [5, 5.41) is 3.83. The lowest BCUT2D eigenvalue weighted by molar-refractivity contribution is -0.121. The van der Waals surface area contributed by atoms with Gasteiger partial charge in [-0.05, 0) is 49.6 Å². The third-order valence-corrected chi connectivity index (χ3v) is 6.67. The van der Waals surface area contributed by atoms with E-state index in [1.165, 1.54) is 23.5 Å². The summed E-state index contributed by atoms with van der Waals surface area (Å²) in [6, 6.07) is 7.93. The Bertz CT molecular complexity index is 1080. The van der Waals surface area contributed by atoms with Crippen LogP contribution in [0.25, 0.3) is 10.1 Å². The number of hydrogen-bond donors (Lipinski definition) is 1. The lowest BCUT2D eigenvalue weighted by Crippen LogP contribution is -2.43. The minimum atomic E-state index is -0.367. The summed E-state index contributed by atoms with van der Waals surface area (Å²) in [5.41, 5.74) is 1.01. The summed E-state index contributed by atoms with van der Waals surface area (Å²) in [4.78, 5) is 31.9. The SMILES string of the molecule is Cc1ccc(NC(=O)C2CCCN(C(=O)c3sc4cc(F)ccc4c3Cl)C2)nc1. The van der Waals surface area contributed by atoms with Gasteiger partial charge in [0.15, 0.2) is 0 Å². The number of hydrogen-bond acceptors (Lipinski definition) is 4. The summed E-state index contributed by atoms with van der Waals surface area (Å²) in [6.07, 6.45) is 3.12. The molecule has 0 saturated carbocycles. The second-order valence-corrected chi connectivity index (χ2v) is 8.62. The molecule has 1 N–H and O–H groups in total. The summed E-state index contributed by atoms with van der Waals surface area (Å²) in [7, 11) is 0. The van der Waals surface area contributed by atoms with Gasteiger partial charge in [-0.25, -0.2) is 9.37 Å². The zero-order valence-corrected chi connectivity index (χ0v) is 17.3. The Balaban J connectivity index is 1.49. The molecule has 0 spiro atoms. The molecule has 1 saturated heterocycles. The molecule has 3 heterocycles. The van der Waals surface area contributed by atoms with E-state index in [0.29, 0.717) is 45.3 Å². The van der Waals surface area contributed by atoms with Crippen LogP contribution in [0.3, 0.4) is 0 Å². The molecular weight excluding hydrogens is 413 g/mol. The summed E-state index contributed by atoms with van der Waals surface area (Å²) in [5.74, 6) is -0.556. The lowest BCUT2D eigenvalue weighted by atomic mass is 9.97. The van der Waals surface area contributed by atoms with Crippen LogP contribution in [0.15, 0.2) is 36.5 Å². The van der Waals surface area contributed by atoms with Crippen molar-refractivity contribution in [1.29, 1.82) is 0 Å². The monoisotopic (exact) mass is 431 g/mol. The molecule has 1 aliphatic heterocycles. The van der Waals surface area contributed by atoms with Gasteiger partial charge in [0, 0.05) is 29.4 Å². The number of anilines is 1. The summed E-state index contributed by atoms with van der Waals surface area (Å²) >= 11 is 7.58. The predicted octanol–water partition coefficient (Wildman–Crippen LogP) is 4.89. The van der Waals surface area contributed by atoms with E-state index in [0.717, 1.165) is 12.0 Å². The van der Waals surface area contributed by atoms with Crippen LogP contribution in [-0.4, -0.2) is 34.8 Å². The zero-order chi connectivity index (χ0) is 20.5. The molecular formula is C21H19ClFN3O2S. The number of fused-ring (bicyclic) bond motifs is 1. The van der Waals surface area contributed by atoms with Gasteiger partial charge in [0.1, 0.15) is 16.5 Å². The van der Waals surface area contributed by atoms with E-state index in [4.69, 9.17) is 11.6 Å². The largest absolute Gasteiger partial charge is 0.337 e. The number of halogens is 2. The van der Waals surface area contributed by atoms with Gasteiger partial charge in [-0.1, -0.05) is 17.7 Å². The second kappa shape index (κ2) is 8.08. The second-order valence-electron chi connectivity index (χ2n) is 7.19. The van der Waals surface area contributed by atoms with E-state index in [1.54, 1.807) is 23.2 Å². The first-order valence-corrected chi connectivity index (χ1v) is 10.5. The van der Waals surface area contributed by atoms with Crippen LogP contribution in [0.1, 0.15) is 28.1 Å². The molecule has 150 valence electrons. The number of nitrogens with one attached hydrogen (secondary N) is 1. The van der Waals surface area contributed by atoms with Crippen LogP contribution in [0.2, 0.25) is 5.02 Å². The van der Waals surface area contributed by atoms with Crippen molar-refractivity contribution in [3.63, 3.8) is 0 Å². The van der Waals surface area contributed by atoms with Crippen molar-refractivity contribution in [2.24, 2.45) is 5.92 Å². The van der Waals surface area contributed by atoms with Crippen molar-refractivity contribution in [1.82, 2.24) is 9.88 Å². The van der Waals surface area contributed by atoms with E-state index in [9.17, 15) is 14.0 Å². The number of carbonyl (C=O) groups is 2. The lowest BCUT2D eigenvalue weighted by Gasteiger charge is -2.31. The quantitative estimate of drug-likeness (QED) is 0.642. The van der Waals surface area contributed by atoms with Crippen molar-refractivity contribution in [3.8, 4) is 0 Å². The molecule has 2 amide bonds. The average Bonchev–Trinajstić information content (AvgIpc) is 3.04. The first-order valence-electron chi connectivity index (χ1n) is 9.32. The van der Waals surface area contributed by atoms with Gasteiger partial charge in [0.2, 0.25) is 5.91 Å². The van der Waals surface area contributed by atoms with Gasteiger partial charge in [-0.2, -0.15) is 0 Å². The molecule has 5 nitrogen and oxygen atoms in total. The maximum absolute atomic E-state index is 13.5. The number of aryl methyl sites for hydroxylation is 1. The maximum Gasteiger partial charge on any atom is 0.265 e. The number of carbonyl (C=O) groups excluding carboxylic acids is 2. The molecule has 0 bridgehead atoms. The van der Waals surface area contributed by atoms with E-state index in [1.807, 2.05) is 13.0 Å². The molecule has 0 radical (unpaired) electrons. The molecule has 1 aliphatic rings. The number of aromatic nitrogens is 1. The number of piperidine rings is 1. The first kappa shape index (κ1) is 19.8. The number of amides is 2. The third-order valence-electron chi connectivity index (χ3n) is 5.03. The molecule has 1 unspecified atom stereocenters. The minimum absolute atomic E-state index is 0.150. The Labute approximate surface area is 176 Å². The fraction of sp³-hybridized carbons (Fsp3) is 0.286. The van der Waals surface area contributed by atoms with E-state index in [2.05, 4.69) is 10.3 Å². The maximum atomic E-state index is 13.5. The number of rotatable bonds is 3. The number of thiophene rings is 1. The fourth-order valence-electron chi connectivity index (χ4n) is 3.47. The van der Waals surface area contributed by atoms with Crippen molar-refractivity contribution < 1.29 is 14.0 Å². The van der Waals surface area contributed by atoms with Gasteiger partial charge in [-0.15, -0.1) is 11.3 Å². The standard InChI is InChI=1S/C21H19ClFN3O2S/c1-12-4-7-17(24-10-12)25-20(27)13-3-2-8-26(11-13)21(28)19-18(22)15-6-5-14(23)9-16(15)29-19/h4-7,9-10,13H,2-3,8,11H2,1H3,(H,24,25,27). The molecule has 1 aromatic carbocycles. The molecule has 1 fully saturated rings. The van der Waals surface area contributed by atoms with Crippen LogP contribution in [0.5, 0.6) is 0 Å². The topological polar surface area (TPSA) is 62.3 Å². The summed E-state index contributed by atoms with van der Waals surface area (Å²) < 4.78 is 14.1. The minimum Gasteiger partial charge on any atom is -0.337 e. The molecule has 2 aromatic heterocycles. The number of benzene rings is 1. The Morgan fingerprint density at radius 3 is 2.90 bits per heavy atom. The highest BCUT2D eigenvalue weighted by Gasteiger charge is 2.31. The van der Waals surface area contributed by atoms with E-state index in [-0.39, 0.29) is 23.5 Å². The summed E-state index contributed by atoms with van der Waals surface area (Å²) in [6.45, 7) is 2.80. The van der Waals surface area contributed by atoms with Crippen LogP contribution >= 0.6 is 22.9 Å². The Morgan fingerprint density at radius 2 is 2.14 bits per heavy atom.